The minimum absolute atomic E-state index is 0.218. The first-order valence-corrected chi connectivity index (χ1v) is 6.51. The Balaban J connectivity index is 2.10. The SMILES string of the molecule is NC(=O)c1ccc(COC(=O)c2ccccc2C(F)(F)F)cc1. The highest BCUT2D eigenvalue weighted by Gasteiger charge is 2.35. The van der Waals surface area contributed by atoms with Gasteiger partial charge in [-0.2, -0.15) is 13.2 Å². The fraction of sp³-hybridized carbons (Fsp3) is 0.125. The number of benzene rings is 2. The summed E-state index contributed by atoms with van der Waals surface area (Å²) in [6.07, 6.45) is -4.64. The van der Waals surface area contributed by atoms with Crippen LogP contribution in [0.5, 0.6) is 0 Å². The Bertz CT molecular complexity index is 724. The smallest absolute Gasteiger partial charge is 0.417 e. The van der Waals surface area contributed by atoms with Crippen molar-refractivity contribution < 1.29 is 27.5 Å². The van der Waals surface area contributed by atoms with E-state index in [1.807, 2.05) is 0 Å². The summed E-state index contributed by atoms with van der Waals surface area (Å²) in [4.78, 5) is 22.8. The second-order valence-corrected chi connectivity index (χ2v) is 4.68. The molecule has 7 heteroatoms. The Labute approximate surface area is 129 Å². The molecule has 0 unspecified atom stereocenters. The van der Waals surface area contributed by atoms with Gasteiger partial charge in [0.1, 0.15) is 6.61 Å². The second kappa shape index (κ2) is 6.51. The molecule has 2 N–H and O–H groups in total. The summed E-state index contributed by atoms with van der Waals surface area (Å²) in [5.41, 5.74) is 4.30. The van der Waals surface area contributed by atoms with Gasteiger partial charge in [0.05, 0.1) is 11.1 Å². The number of primary amides is 1. The van der Waals surface area contributed by atoms with Gasteiger partial charge < -0.3 is 10.5 Å². The van der Waals surface area contributed by atoms with Crippen molar-refractivity contribution in [1.29, 1.82) is 0 Å². The second-order valence-electron chi connectivity index (χ2n) is 4.68. The molecule has 0 atom stereocenters. The van der Waals surface area contributed by atoms with Crippen molar-refractivity contribution in [3.63, 3.8) is 0 Å². The van der Waals surface area contributed by atoms with Crippen molar-refractivity contribution in [2.75, 3.05) is 0 Å². The average molecular weight is 323 g/mol. The molecule has 0 aliphatic rings. The molecular weight excluding hydrogens is 311 g/mol. The highest BCUT2D eigenvalue weighted by Crippen LogP contribution is 2.32. The lowest BCUT2D eigenvalue weighted by molar-refractivity contribution is -0.138. The van der Waals surface area contributed by atoms with Crippen molar-refractivity contribution in [1.82, 2.24) is 0 Å². The van der Waals surface area contributed by atoms with Crippen LogP contribution in [0.1, 0.15) is 31.8 Å². The minimum Gasteiger partial charge on any atom is -0.457 e. The zero-order valence-electron chi connectivity index (χ0n) is 11.8. The maximum Gasteiger partial charge on any atom is 0.417 e. The van der Waals surface area contributed by atoms with Crippen molar-refractivity contribution in [3.05, 3.63) is 70.8 Å². The Morgan fingerprint density at radius 3 is 2.17 bits per heavy atom. The van der Waals surface area contributed by atoms with Crippen LogP contribution in [-0.4, -0.2) is 11.9 Å². The van der Waals surface area contributed by atoms with Gasteiger partial charge in [0, 0.05) is 5.56 Å². The number of nitrogens with two attached hydrogens (primary N) is 1. The molecule has 4 nitrogen and oxygen atoms in total. The van der Waals surface area contributed by atoms with Crippen LogP contribution >= 0.6 is 0 Å². The summed E-state index contributed by atoms with van der Waals surface area (Å²) in [5.74, 6) is -1.68. The maximum atomic E-state index is 12.8. The normalized spacial score (nSPS) is 11.1. The van der Waals surface area contributed by atoms with Crippen molar-refractivity contribution >= 4 is 11.9 Å². The zero-order chi connectivity index (χ0) is 17.0. The van der Waals surface area contributed by atoms with E-state index in [4.69, 9.17) is 10.5 Å². The third-order valence-electron chi connectivity index (χ3n) is 3.06. The summed E-state index contributed by atoms with van der Waals surface area (Å²) in [5, 5.41) is 0. The van der Waals surface area contributed by atoms with E-state index in [0.717, 1.165) is 12.1 Å². The van der Waals surface area contributed by atoms with Crippen LogP contribution in [0.3, 0.4) is 0 Å². The van der Waals surface area contributed by atoms with Crippen LogP contribution in [0.2, 0.25) is 0 Å². The summed E-state index contributed by atoms with van der Waals surface area (Å²) in [6.45, 7) is -0.218. The van der Waals surface area contributed by atoms with Gasteiger partial charge in [-0.15, -0.1) is 0 Å². The molecule has 0 radical (unpaired) electrons. The van der Waals surface area contributed by atoms with E-state index in [-0.39, 0.29) is 12.2 Å². The van der Waals surface area contributed by atoms with Crippen LogP contribution in [0.4, 0.5) is 13.2 Å². The predicted molar refractivity (Wildman–Crippen MR) is 75.5 cm³/mol. The summed E-state index contributed by atoms with van der Waals surface area (Å²) < 4.78 is 43.4. The van der Waals surface area contributed by atoms with Gasteiger partial charge in [0.15, 0.2) is 0 Å². The number of hydrogen-bond donors (Lipinski definition) is 1. The van der Waals surface area contributed by atoms with Crippen LogP contribution in [-0.2, 0) is 17.5 Å². The van der Waals surface area contributed by atoms with Gasteiger partial charge in [0.25, 0.3) is 0 Å². The van der Waals surface area contributed by atoms with E-state index in [9.17, 15) is 22.8 Å². The topological polar surface area (TPSA) is 69.4 Å². The van der Waals surface area contributed by atoms with Gasteiger partial charge in [-0.25, -0.2) is 4.79 Å². The van der Waals surface area contributed by atoms with E-state index < -0.39 is 29.2 Å². The highest BCUT2D eigenvalue weighted by atomic mass is 19.4. The van der Waals surface area contributed by atoms with Crippen molar-refractivity contribution in [2.45, 2.75) is 12.8 Å². The molecule has 2 aromatic rings. The molecule has 0 saturated carbocycles. The Morgan fingerprint density at radius 2 is 1.61 bits per heavy atom. The van der Waals surface area contributed by atoms with Gasteiger partial charge in [-0.1, -0.05) is 24.3 Å². The standard InChI is InChI=1S/C16H12F3NO3/c17-16(18,19)13-4-2-1-3-12(13)15(22)23-9-10-5-7-11(8-6-10)14(20)21/h1-8H,9H2,(H2,20,21). The Hall–Kier alpha value is -2.83. The van der Waals surface area contributed by atoms with Crippen LogP contribution < -0.4 is 5.73 Å². The van der Waals surface area contributed by atoms with Crippen molar-refractivity contribution in [3.8, 4) is 0 Å². The number of carbonyl (C=O) groups is 2. The van der Waals surface area contributed by atoms with Crippen LogP contribution in [0.25, 0.3) is 0 Å². The molecule has 0 bridgehead atoms. The van der Waals surface area contributed by atoms with Gasteiger partial charge in [0.2, 0.25) is 5.91 Å². The molecule has 0 fully saturated rings. The molecule has 120 valence electrons. The monoisotopic (exact) mass is 323 g/mol. The van der Waals surface area contributed by atoms with E-state index in [1.54, 1.807) is 0 Å². The fourth-order valence-corrected chi connectivity index (χ4v) is 1.90. The number of rotatable bonds is 4. The van der Waals surface area contributed by atoms with Crippen LogP contribution in [0.15, 0.2) is 48.5 Å². The first kappa shape index (κ1) is 16.5. The first-order valence-electron chi connectivity index (χ1n) is 6.51. The first-order chi connectivity index (χ1) is 10.8. The molecule has 2 rings (SSSR count). The number of amides is 1. The molecule has 0 spiro atoms. The largest absolute Gasteiger partial charge is 0.457 e. The molecule has 0 heterocycles. The maximum absolute atomic E-state index is 12.8. The number of ether oxygens (including phenoxy) is 1. The number of esters is 1. The van der Waals surface area contributed by atoms with Gasteiger partial charge >= 0.3 is 12.1 Å². The molecule has 23 heavy (non-hydrogen) atoms. The lowest BCUT2D eigenvalue weighted by Crippen LogP contribution is -2.15. The number of hydrogen-bond acceptors (Lipinski definition) is 3. The fourth-order valence-electron chi connectivity index (χ4n) is 1.90. The van der Waals surface area contributed by atoms with Crippen molar-refractivity contribution in [2.24, 2.45) is 5.73 Å². The van der Waals surface area contributed by atoms with E-state index in [0.29, 0.717) is 5.56 Å². The molecule has 0 aromatic heterocycles. The quantitative estimate of drug-likeness (QED) is 0.879. The summed E-state index contributed by atoms with van der Waals surface area (Å²) in [7, 11) is 0. The number of alkyl halides is 3. The van der Waals surface area contributed by atoms with E-state index >= 15 is 0 Å². The molecule has 0 aliphatic carbocycles. The number of carbonyl (C=O) groups excluding carboxylic acids is 2. The summed E-state index contributed by atoms with van der Waals surface area (Å²) >= 11 is 0. The highest BCUT2D eigenvalue weighted by molar-refractivity contribution is 5.93. The van der Waals surface area contributed by atoms with Gasteiger partial charge in [-0.05, 0) is 29.8 Å². The third-order valence-corrected chi connectivity index (χ3v) is 3.06. The van der Waals surface area contributed by atoms with Gasteiger partial charge in [-0.3, -0.25) is 4.79 Å². The Morgan fingerprint density at radius 1 is 1.00 bits per heavy atom. The Kier molecular flexibility index (Phi) is 4.68. The number of halogens is 3. The average Bonchev–Trinajstić information content (AvgIpc) is 2.52. The molecule has 1 amide bonds. The minimum atomic E-state index is -4.64. The molecule has 2 aromatic carbocycles. The zero-order valence-corrected chi connectivity index (χ0v) is 11.8. The van der Waals surface area contributed by atoms with Crippen LogP contribution in [0, 0.1) is 0 Å². The summed E-state index contributed by atoms with van der Waals surface area (Å²) in [6, 6.07) is 10.3. The molecule has 0 aliphatic heterocycles. The third kappa shape index (κ3) is 4.09. The van der Waals surface area contributed by atoms with E-state index in [1.165, 1.54) is 36.4 Å². The predicted octanol–water partition coefficient (Wildman–Crippen LogP) is 3.16. The van der Waals surface area contributed by atoms with E-state index in [2.05, 4.69) is 0 Å². The lowest BCUT2D eigenvalue weighted by Gasteiger charge is -2.12. The molecule has 0 saturated heterocycles. The molecular formula is C16H12F3NO3. The lowest BCUT2D eigenvalue weighted by atomic mass is 10.1.